The van der Waals surface area contributed by atoms with Gasteiger partial charge in [0.15, 0.2) is 0 Å². The minimum absolute atomic E-state index is 0.184. The van der Waals surface area contributed by atoms with E-state index in [9.17, 15) is 8.42 Å². The highest BCUT2D eigenvalue weighted by molar-refractivity contribution is 7.89. The van der Waals surface area contributed by atoms with Crippen LogP contribution in [0.4, 0.5) is 0 Å². The van der Waals surface area contributed by atoms with Crippen molar-refractivity contribution in [3.8, 4) is 0 Å². The van der Waals surface area contributed by atoms with Crippen molar-refractivity contribution >= 4 is 21.4 Å². The standard InChI is InChI=1S/C12H15NO4S2/c1-8-3-5-11(18-8)9(2)13-19(15,16)12-6-4-10(7-14)17-12/h3-6,9,13-14H,7H2,1-2H3. The Labute approximate surface area is 115 Å². The summed E-state index contributed by atoms with van der Waals surface area (Å²) < 4.78 is 31.7. The van der Waals surface area contributed by atoms with Crippen LogP contribution in [0, 0.1) is 6.92 Å². The van der Waals surface area contributed by atoms with Crippen molar-refractivity contribution in [2.75, 3.05) is 0 Å². The maximum absolute atomic E-state index is 12.1. The molecule has 2 N–H and O–H groups in total. The first-order valence-corrected chi connectivity index (χ1v) is 8.00. The van der Waals surface area contributed by atoms with Gasteiger partial charge in [0.25, 0.3) is 10.0 Å². The zero-order valence-electron chi connectivity index (χ0n) is 10.6. The highest BCUT2D eigenvalue weighted by atomic mass is 32.2. The molecule has 0 saturated carbocycles. The van der Waals surface area contributed by atoms with Crippen LogP contribution in [0.3, 0.4) is 0 Å². The molecule has 0 radical (unpaired) electrons. The number of aliphatic hydroxyl groups excluding tert-OH is 1. The van der Waals surface area contributed by atoms with Crippen molar-refractivity contribution in [1.82, 2.24) is 4.72 Å². The second kappa shape index (κ2) is 5.46. The first-order chi connectivity index (χ1) is 8.92. The molecule has 2 heterocycles. The third kappa shape index (κ3) is 3.24. The second-order valence-corrected chi connectivity index (χ2v) is 7.13. The van der Waals surface area contributed by atoms with Gasteiger partial charge in [0, 0.05) is 9.75 Å². The lowest BCUT2D eigenvalue weighted by Crippen LogP contribution is -2.26. The van der Waals surface area contributed by atoms with Crippen LogP contribution in [-0.2, 0) is 16.6 Å². The first kappa shape index (κ1) is 14.3. The van der Waals surface area contributed by atoms with E-state index < -0.39 is 10.0 Å². The summed E-state index contributed by atoms with van der Waals surface area (Å²) in [6.07, 6.45) is 0. The normalized spacial score (nSPS) is 13.6. The van der Waals surface area contributed by atoms with Crippen molar-refractivity contribution in [2.24, 2.45) is 0 Å². The SMILES string of the molecule is Cc1ccc(C(C)NS(=O)(=O)c2ccc(CO)o2)s1. The Morgan fingerprint density at radius 2 is 2.11 bits per heavy atom. The second-order valence-electron chi connectivity index (χ2n) is 4.17. The van der Waals surface area contributed by atoms with Crippen LogP contribution in [0.15, 0.2) is 33.8 Å². The van der Waals surface area contributed by atoms with Crippen LogP contribution in [0.2, 0.25) is 0 Å². The maximum atomic E-state index is 12.1. The molecule has 0 spiro atoms. The molecule has 1 unspecified atom stereocenters. The zero-order chi connectivity index (χ0) is 14.0. The summed E-state index contributed by atoms with van der Waals surface area (Å²) in [5, 5.41) is 8.69. The molecule has 0 amide bonds. The number of furan rings is 1. The molecule has 0 aromatic carbocycles. The van der Waals surface area contributed by atoms with E-state index in [0.717, 1.165) is 9.75 Å². The average molecular weight is 301 g/mol. The number of thiophene rings is 1. The number of rotatable bonds is 5. The minimum Gasteiger partial charge on any atom is -0.446 e. The molecule has 0 bridgehead atoms. The molecule has 5 nitrogen and oxygen atoms in total. The average Bonchev–Trinajstić information content (AvgIpc) is 2.96. The van der Waals surface area contributed by atoms with Gasteiger partial charge in [-0.15, -0.1) is 11.3 Å². The highest BCUT2D eigenvalue weighted by Gasteiger charge is 2.22. The molecule has 7 heteroatoms. The van der Waals surface area contributed by atoms with Crippen LogP contribution >= 0.6 is 11.3 Å². The van der Waals surface area contributed by atoms with Crippen LogP contribution in [0.1, 0.15) is 28.5 Å². The molecule has 0 aliphatic heterocycles. The quantitative estimate of drug-likeness (QED) is 0.887. The summed E-state index contributed by atoms with van der Waals surface area (Å²) in [5.74, 6) is 0.222. The summed E-state index contributed by atoms with van der Waals surface area (Å²) in [6.45, 7) is 3.42. The van der Waals surface area contributed by atoms with Crippen molar-refractivity contribution in [1.29, 1.82) is 0 Å². The van der Waals surface area contributed by atoms with Gasteiger partial charge in [-0.25, -0.2) is 13.1 Å². The van der Waals surface area contributed by atoms with Gasteiger partial charge in [0.2, 0.25) is 5.09 Å². The first-order valence-electron chi connectivity index (χ1n) is 5.70. The predicted molar refractivity (Wildman–Crippen MR) is 72.4 cm³/mol. The predicted octanol–water partition coefficient (Wildman–Crippen LogP) is 2.18. The number of hydrogen-bond acceptors (Lipinski definition) is 5. The van der Waals surface area contributed by atoms with E-state index in [1.54, 1.807) is 18.3 Å². The fraction of sp³-hybridized carbons (Fsp3) is 0.333. The summed E-state index contributed by atoms with van der Waals surface area (Å²) in [4.78, 5) is 2.07. The van der Waals surface area contributed by atoms with E-state index in [1.807, 2.05) is 19.1 Å². The van der Waals surface area contributed by atoms with Gasteiger partial charge in [0.1, 0.15) is 12.4 Å². The summed E-state index contributed by atoms with van der Waals surface area (Å²) in [7, 11) is -3.71. The molecular formula is C12H15NO4S2. The molecule has 104 valence electrons. The van der Waals surface area contributed by atoms with E-state index in [1.165, 1.54) is 12.1 Å². The van der Waals surface area contributed by atoms with Crippen LogP contribution in [-0.4, -0.2) is 13.5 Å². The Hall–Kier alpha value is -1.15. The van der Waals surface area contributed by atoms with E-state index in [2.05, 4.69) is 4.72 Å². The maximum Gasteiger partial charge on any atom is 0.274 e. The van der Waals surface area contributed by atoms with E-state index in [4.69, 9.17) is 9.52 Å². The van der Waals surface area contributed by atoms with E-state index >= 15 is 0 Å². The third-order valence-corrected chi connectivity index (χ3v) is 5.17. The molecule has 2 aromatic rings. The molecule has 0 aliphatic carbocycles. The lowest BCUT2D eigenvalue weighted by Gasteiger charge is -2.11. The number of aryl methyl sites for hydroxylation is 1. The minimum atomic E-state index is -3.71. The van der Waals surface area contributed by atoms with Gasteiger partial charge in [-0.2, -0.15) is 0 Å². The Morgan fingerprint density at radius 1 is 1.37 bits per heavy atom. The van der Waals surface area contributed by atoms with Crippen LogP contribution in [0.5, 0.6) is 0 Å². The number of nitrogens with one attached hydrogen (secondary N) is 1. The van der Waals surface area contributed by atoms with Crippen LogP contribution in [0.25, 0.3) is 0 Å². The monoisotopic (exact) mass is 301 g/mol. The van der Waals surface area contributed by atoms with E-state index in [-0.39, 0.29) is 23.5 Å². The third-order valence-electron chi connectivity index (χ3n) is 2.58. The van der Waals surface area contributed by atoms with Gasteiger partial charge in [-0.3, -0.25) is 0 Å². The summed E-state index contributed by atoms with van der Waals surface area (Å²) in [5.41, 5.74) is 0. The molecule has 19 heavy (non-hydrogen) atoms. The van der Waals surface area contributed by atoms with Crippen molar-refractivity contribution in [3.63, 3.8) is 0 Å². The smallest absolute Gasteiger partial charge is 0.274 e. The van der Waals surface area contributed by atoms with Crippen LogP contribution < -0.4 is 4.72 Å². The molecule has 0 saturated heterocycles. The number of aliphatic hydroxyl groups is 1. The topological polar surface area (TPSA) is 79.5 Å². The zero-order valence-corrected chi connectivity index (χ0v) is 12.2. The lowest BCUT2D eigenvalue weighted by atomic mass is 10.3. The van der Waals surface area contributed by atoms with Gasteiger partial charge in [0.05, 0.1) is 6.04 Å². The van der Waals surface area contributed by atoms with Gasteiger partial charge >= 0.3 is 0 Å². The highest BCUT2D eigenvalue weighted by Crippen LogP contribution is 2.24. The molecule has 2 aromatic heterocycles. The van der Waals surface area contributed by atoms with Crippen molar-refractivity contribution < 1.29 is 17.9 Å². The molecule has 0 aliphatic rings. The Bertz CT molecular complexity index is 657. The van der Waals surface area contributed by atoms with E-state index in [0.29, 0.717) is 0 Å². The van der Waals surface area contributed by atoms with Gasteiger partial charge in [-0.05, 0) is 38.1 Å². The lowest BCUT2D eigenvalue weighted by molar-refractivity contribution is 0.236. The largest absolute Gasteiger partial charge is 0.446 e. The molecular weight excluding hydrogens is 286 g/mol. The summed E-state index contributed by atoms with van der Waals surface area (Å²) in [6, 6.07) is 6.29. The Morgan fingerprint density at radius 3 is 2.63 bits per heavy atom. The van der Waals surface area contributed by atoms with Gasteiger partial charge in [-0.1, -0.05) is 0 Å². The summed E-state index contributed by atoms with van der Waals surface area (Å²) >= 11 is 1.54. The fourth-order valence-electron chi connectivity index (χ4n) is 1.62. The fourth-order valence-corrected chi connectivity index (χ4v) is 3.75. The molecule has 0 fully saturated rings. The molecule has 2 rings (SSSR count). The Kier molecular flexibility index (Phi) is 4.10. The Balaban J connectivity index is 2.17. The van der Waals surface area contributed by atoms with Crippen molar-refractivity contribution in [3.05, 3.63) is 39.8 Å². The molecule has 1 atom stereocenters. The number of sulfonamides is 1. The van der Waals surface area contributed by atoms with Crippen molar-refractivity contribution in [2.45, 2.75) is 31.6 Å². The number of hydrogen-bond donors (Lipinski definition) is 2. The van der Waals surface area contributed by atoms with Gasteiger partial charge < -0.3 is 9.52 Å².